The second kappa shape index (κ2) is 13.5. The van der Waals surface area contributed by atoms with Gasteiger partial charge in [0.15, 0.2) is 0 Å². The molecule has 3 atom stereocenters. The van der Waals surface area contributed by atoms with E-state index in [-0.39, 0.29) is 11.8 Å². The monoisotopic (exact) mass is 509 g/mol. The lowest BCUT2D eigenvalue weighted by atomic mass is 9.89. The van der Waals surface area contributed by atoms with E-state index < -0.39 is 18.2 Å². The number of aliphatic hydroxyl groups excluding tert-OH is 1. The Labute approximate surface area is 223 Å². The van der Waals surface area contributed by atoms with Gasteiger partial charge in [-0.15, -0.1) is 0 Å². The Bertz CT molecular complexity index is 933. The molecule has 204 valence electrons. The molecule has 2 fully saturated rings. The molecule has 2 amide bonds. The zero-order valence-electron chi connectivity index (χ0n) is 23.0. The van der Waals surface area contributed by atoms with E-state index in [1.807, 2.05) is 23.1 Å². The summed E-state index contributed by atoms with van der Waals surface area (Å²) in [6, 6.07) is 8.15. The molecule has 2 saturated carbocycles. The van der Waals surface area contributed by atoms with Crippen LogP contribution in [-0.2, 0) is 9.59 Å². The lowest BCUT2D eigenvalue weighted by Gasteiger charge is -2.27. The van der Waals surface area contributed by atoms with Crippen molar-refractivity contribution >= 4 is 23.2 Å². The highest BCUT2D eigenvalue weighted by molar-refractivity contribution is 6.14. The number of para-hydroxylation sites is 1. The maximum absolute atomic E-state index is 14.0. The fourth-order valence-electron chi connectivity index (χ4n) is 5.98. The Kier molecular flexibility index (Phi) is 10.2. The summed E-state index contributed by atoms with van der Waals surface area (Å²) in [4.78, 5) is 34.6. The summed E-state index contributed by atoms with van der Waals surface area (Å²) >= 11 is 0. The van der Waals surface area contributed by atoms with Gasteiger partial charge in [-0.2, -0.15) is 0 Å². The molecule has 1 aromatic carbocycles. The molecule has 1 heterocycles. The van der Waals surface area contributed by atoms with E-state index in [1.165, 1.54) is 25.7 Å². The molecule has 1 aliphatic heterocycles. The van der Waals surface area contributed by atoms with Gasteiger partial charge in [-0.1, -0.05) is 89.8 Å². The van der Waals surface area contributed by atoms with Crippen LogP contribution in [0, 0.1) is 17.8 Å². The largest absolute Gasteiger partial charge is 0.392 e. The number of carbonyl (C=O) groups excluding carboxylic acids is 2. The van der Waals surface area contributed by atoms with E-state index in [0.717, 1.165) is 68.3 Å². The molecular weight excluding hydrogens is 462 g/mol. The molecule has 6 heteroatoms. The van der Waals surface area contributed by atoms with Crippen LogP contribution in [0.15, 0.2) is 29.3 Å². The summed E-state index contributed by atoms with van der Waals surface area (Å²) in [7, 11) is 0. The number of benzodiazepines with no additional fused rings is 1. The van der Waals surface area contributed by atoms with Gasteiger partial charge in [-0.05, 0) is 44.1 Å². The van der Waals surface area contributed by atoms with E-state index >= 15 is 0 Å². The average Bonchev–Trinajstić information content (AvgIpc) is 3.76. The molecule has 3 unspecified atom stereocenters. The molecule has 37 heavy (non-hydrogen) atoms. The predicted molar refractivity (Wildman–Crippen MR) is 150 cm³/mol. The van der Waals surface area contributed by atoms with E-state index in [2.05, 4.69) is 25.2 Å². The van der Waals surface area contributed by atoms with Gasteiger partial charge in [0.05, 0.1) is 23.4 Å². The first-order chi connectivity index (χ1) is 18.0. The Balaban J connectivity index is 1.66. The second-order valence-electron chi connectivity index (χ2n) is 11.5. The summed E-state index contributed by atoms with van der Waals surface area (Å²) in [6.07, 6.45) is 12.6. The average molecular weight is 510 g/mol. The van der Waals surface area contributed by atoms with Gasteiger partial charge in [0.25, 0.3) is 5.91 Å². The molecule has 2 aliphatic carbocycles. The first-order valence-electron chi connectivity index (χ1n) is 15.0. The SMILES string of the molecule is CCCCC(O)C(CC1CC1)C(=O)NC1N=C(C2CCCCCC2)c2ccccc2N(CCCC)C1=O. The third kappa shape index (κ3) is 7.22. The summed E-state index contributed by atoms with van der Waals surface area (Å²) in [6.45, 7) is 4.83. The van der Waals surface area contributed by atoms with Crippen molar-refractivity contribution in [1.29, 1.82) is 0 Å². The first kappa shape index (κ1) is 27.8. The molecule has 0 spiro atoms. The summed E-state index contributed by atoms with van der Waals surface area (Å²) in [5.74, 6) is -0.0741. The van der Waals surface area contributed by atoms with Gasteiger partial charge in [0.2, 0.25) is 12.1 Å². The van der Waals surface area contributed by atoms with Crippen LogP contribution in [0.4, 0.5) is 5.69 Å². The van der Waals surface area contributed by atoms with Crippen molar-refractivity contribution in [2.45, 2.75) is 116 Å². The van der Waals surface area contributed by atoms with Crippen LogP contribution >= 0.6 is 0 Å². The molecule has 4 rings (SSSR count). The molecule has 3 aliphatic rings. The Morgan fingerprint density at radius 2 is 1.76 bits per heavy atom. The van der Waals surface area contributed by atoms with Crippen LogP contribution in [0.3, 0.4) is 0 Å². The Hall–Kier alpha value is -2.21. The van der Waals surface area contributed by atoms with Gasteiger partial charge >= 0.3 is 0 Å². The van der Waals surface area contributed by atoms with Crippen molar-refractivity contribution in [3.05, 3.63) is 29.8 Å². The molecule has 6 nitrogen and oxygen atoms in total. The number of fused-ring (bicyclic) bond motifs is 1. The maximum Gasteiger partial charge on any atom is 0.272 e. The van der Waals surface area contributed by atoms with Gasteiger partial charge in [-0.25, -0.2) is 0 Å². The topological polar surface area (TPSA) is 82.0 Å². The van der Waals surface area contributed by atoms with Crippen LogP contribution in [0.25, 0.3) is 0 Å². The van der Waals surface area contributed by atoms with Crippen molar-refractivity contribution in [3.63, 3.8) is 0 Å². The van der Waals surface area contributed by atoms with Crippen molar-refractivity contribution in [2.75, 3.05) is 11.4 Å². The number of rotatable bonds is 12. The number of nitrogens with one attached hydrogen (secondary N) is 1. The minimum Gasteiger partial charge on any atom is -0.392 e. The summed E-state index contributed by atoms with van der Waals surface area (Å²) < 4.78 is 0. The lowest BCUT2D eigenvalue weighted by molar-refractivity contribution is -0.133. The molecule has 0 saturated heterocycles. The van der Waals surface area contributed by atoms with Gasteiger partial charge in [-0.3, -0.25) is 14.6 Å². The molecule has 0 bridgehead atoms. The maximum atomic E-state index is 14.0. The van der Waals surface area contributed by atoms with Crippen molar-refractivity contribution in [1.82, 2.24) is 5.32 Å². The quantitative estimate of drug-likeness (QED) is 0.339. The third-order valence-electron chi connectivity index (χ3n) is 8.43. The minimum absolute atomic E-state index is 0.161. The predicted octanol–water partition coefficient (Wildman–Crippen LogP) is 6.00. The smallest absolute Gasteiger partial charge is 0.272 e. The fourth-order valence-corrected chi connectivity index (χ4v) is 5.98. The van der Waals surface area contributed by atoms with E-state index in [0.29, 0.717) is 31.2 Å². The zero-order valence-corrected chi connectivity index (χ0v) is 23.0. The van der Waals surface area contributed by atoms with Gasteiger partial charge in [0, 0.05) is 18.0 Å². The molecule has 2 N–H and O–H groups in total. The molecular formula is C31H47N3O3. The summed E-state index contributed by atoms with van der Waals surface area (Å²) in [5.41, 5.74) is 2.92. The number of amides is 2. The van der Waals surface area contributed by atoms with E-state index in [9.17, 15) is 14.7 Å². The molecule has 1 aromatic rings. The number of nitrogens with zero attached hydrogens (tertiary/aromatic N) is 2. The summed E-state index contributed by atoms with van der Waals surface area (Å²) in [5, 5.41) is 14.0. The van der Waals surface area contributed by atoms with Gasteiger partial charge in [0.1, 0.15) is 0 Å². The number of aliphatic hydroxyl groups is 1. The standard InChI is InChI=1S/C31H47N3O3/c1-3-5-17-27(35)25(21-22-18-19-22)30(36)33-29-31(37)34(20-6-4-2)26-16-12-11-15-24(26)28(32-29)23-13-9-7-8-10-14-23/h11-12,15-16,22-23,25,27,29,35H,3-10,13-14,17-21H2,1-2H3,(H,33,36). The number of hydrogen-bond donors (Lipinski definition) is 2. The van der Waals surface area contributed by atoms with Crippen LogP contribution in [0.1, 0.15) is 109 Å². The number of hydrogen-bond acceptors (Lipinski definition) is 4. The van der Waals surface area contributed by atoms with Crippen LogP contribution < -0.4 is 10.2 Å². The van der Waals surface area contributed by atoms with Crippen LogP contribution in [0.2, 0.25) is 0 Å². The number of benzene rings is 1. The number of carbonyl (C=O) groups is 2. The highest BCUT2D eigenvalue weighted by Gasteiger charge is 2.38. The molecule has 0 radical (unpaired) electrons. The van der Waals surface area contributed by atoms with Gasteiger partial charge < -0.3 is 15.3 Å². The number of aliphatic imine (C=N–C) groups is 1. The van der Waals surface area contributed by atoms with Crippen LogP contribution in [-0.4, -0.2) is 41.4 Å². The van der Waals surface area contributed by atoms with Crippen molar-refractivity contribution in [2.24, 2.45) is 22.7 Å². The zero-order chi connectivity index (χ0) is 26.2. The highest BCUT2D eigenvalue weighted by atomic mass is 16.3. The Morgan fingerprint density at radius 3 is 2.43 bits per heavy atom. The Morgan fingerprint density at radius 1 is 1.05 bits per heavy atom. The van der Waals surface area contributed by atoms with Crippen molar-refractivity contribution in [3.8, 4) is 0 Å². The number of unbranched alkanes of at least 4 members (excludes halogenated alkanes) is 2. The number of anilines is 1. The molecule has 0 aromatic heterocycles. The van der Waals surface area contributed by atoms with E-state index in [1.54, 1.807) is 0 Å². The first-order valence-corrected chi connectivity index (χ1v) is 15.0. The van der Waals surface area contributed by atoms with E-state index in [4.69, 9.17) is 4.99 Å². The lowest BCUT2D eigenvalue weighted by Crippen LogP contribution is -2.50. The fraction of sp³-hybridized carbons (Fsp3) is 0.710. The third-order valence-corrected chi connectivity index (χ3v) is 8.43. The normalized spacial score (nSPS) is 22.5. The van der Waals surface area contributed by atoms with Crippen LogP contribution in [0.5, 0.6) is 0 Å². The van der Waals surface area contributed by atoms with Crippen molar-refractivity contribution < 1.29 is 14.7 Å². The highest BCUT2D eigenvalue weighted by Crippen LogP contribution is 2.37. The minimum atomic E-state index is -0.949. The second-order valence-corrected chi connectivity index (χ2v) is 11.5.